The Morgan fingerprint density at radius 1 is 1.23 bits per heavy atom. The third kappa shape index (κ3) is 4.05. The molecule has 0 amide bonds. The lowest BCUT2D eigenvalue weighted by Crippen LogP contribution is -2.27. The Morgan fingerprint density at radius 3 is 2.59 bits per heavy atom. The van der Waals surface area contributed by atoms with Gasteiger partial charge in [-0.15, -0.1) is 0 Å². The van der Waals surface area contributed by atoms with Gasteiger partial charge in [-0.05, 0) is 38.8 Å². The summed E-state index contributed by atoms with van der Waals surface area (Å²) in [5, 5.41) is 0. The number of hydrogen-bond donors (Lipinski definition) is 0. The van der Waals surface area contributed by atoms with Crippen LogP contribution in [0.2, 0.25) is 0 Å². The maximum atomic E-state index is 14.1. The van der Waals surface area contributed by atoms with E-state index in [1.165, 1.54) is 12.1 Å². The standard InChI is InChI=1S/C17H22F2O3/c1-3-5-6-7-12-10-21-17(22-11-12)13-8-9-14(20-4-2)16(19)15(13)18/h3,5,8-9,12,17H,4,6-7,10-11H2,1-2H3. The first-order valence-corrected chi connectivity index (χ1v) is 7.62. The van der Waals surface area contributed by atoms with Crippen molar-refractivity contribution in [2.75, 3.05) is 19.8 Å². The molecule has 0 bridgehead atoms. The fourth-order valence-electron chi connectivity index (χ4n) is 2.38. The predicted molar refractivity (Wildman–Crippen MR) is 79.7 cm³/mol. The molecule has 1 aliphatic rings. The van der Waals surface area contributed by atoms with Gasteiger partial charge in [0.2, 0.25) is 5.82 Å². The minimum absolute atomic E-state index is 0.0767. The molecule has 22 heavy (non-hydrogen) atoms. The molecule has 0 radical (unpaired) electrons. The molecule has 0 aliphatic carbocycles. The van der Waals surface area contributed by atoms with Gasteiger partial charge in [-0.25, -0.2) is 4.39 Å². The second-order valence-electron chi connectivity index (χ2n) is 5.22. The first-order valence-electron chi connectivity index (χ1n) is 7.62. The second-order valence-corrected chi connectivity index (χ2v) is 5.22. The van der Waals surface area contributed by atoms with E-state index in [9.17, 15) is 8.78 Å². The number of halogens is 2. The summed E-state index contributed by atoms with van der Waals surface area (Å²) in [5.41, 5.74) is 0.0767. The van der Waals surface area contributed by atoms with E-state index in [0.717, 1.165) is 12.8 Å². The van der Waals surface area contributed by atoms with Crippen molar-refractivity contribution in [2.24, 2.45) is 5.92 Å². The van der Waals surface area contributed by atoms with Gasteiger partial charge in [0, 0.05) is 11.5 Å². The molecule has 0 N–H and O–H groups in total. The molecule has 122 valence electrons. The monoisotopic (exact) mass is 312 g/mol. The molecule has 0 atom stereocenters. The molecular weight excluding hydrogens is 290 g/mol. The zero-order valence-electron chi connectivity index (χ0n) is 13.0. The van der Waals surface area contributed by atoms with E-state index in [0.29, 0.717) is 13.2 Å². The van der Waals surface area contributed by atoms with Crippen LogP contribution < -0.4 is 4.74 Å². The number of rotatable bonds is 6. The average Bonchev–Trinajstić information content (AvgIpc) is 2.53. The smallest absolute Gasteiger partial charge is 0.201 e. The quantitative estimate of drug-likeness (QED) is 0.730. The highest BCUT2D eigenvalue weighted by Crippen LogP contribution is 2.32. The van der Waals surface area contributed by atoms with E-state index in [1.54, 1.807) is 6.92 Å². The number of benzene rings is 1. The minimum Gasteiger partial charge on any atom is -0.491 e. The molecular formula is C17H22F2O3. The molecule has 1 aromatic rings. The lowest BCUT2D eigenvalue weighted by molar-refractivity contribution is -0.207. The Bertz CT molecular complexity index is 509. The molecule has 1 aliphatic heterocycles. The van der Waals surface area contributed by atoms with Gasteiger partial charge in [-0.3, -0.25) is 0 Å². The van der Waals surface area contributed by atoms with Crippen molar-refractivity contribution in [3.05, 3.63) is 41.5 Å². The zero-order chi connectivity index (χ0) is 15.9. The Balaban J connectivity index is 1.98. The fourth-order valence-corrected chi connectivity index (χ4v) is 2.38. The molecule has 1 fully saturated rings. The van der Waals surface area contributed by atoms with Crippen molar-refractivity contribution in [1.82, 2.24) is 0 Å². The highest BCUT2D eigenvalue weighted by atomic mass is 19.2. The summed E-state index contributed by atoms with van der Waals surface area (Å²) >= 11 is 0. The molecule has 1 aromatic carbocycles. The third-order valence-corrected chi connectivity index (χ3v) is 3.57. The highest BCUT2D eigenvalue weighted by Gasteiger charge is 2.27. The second kappa shape index (κ2) is 8.25. The van der Waals surface area contributed by atoms with E-state index >= 15 is 0 Å². The molecule has 0 saturated carbocycles. The van der Waals surface area contributed by atoms with Gasteiger partial charge >= 0.3 is 0 Å². The summed E-state index contributed by atoms with van der Waals surface area (Å²) in [6.45, 7) is 4.94. The third-order valence-electron chi connectivity index (χ3n) is 3.57. The van der Waals surface area contributed by atoms with E-state index in [4.69, 9.17) is 14.2 Å². The van der Waals surface area contributed by atoms with Crippen LogP contribution in [0.5, 0.6) is 5.75 Å². The normalized spacial score (nSPS) is 22.2. The summed E-state index contributed by atoms with van der Waals surface area (Å²) in [6.07, 6.45) is 5.16. The van der Waals surface area contributed by atoms with Crippen LogP contribution in [-0.4, -0.2) is 19.8 Å². The van der Waals surface area contributed by atoms with Crippen molar-refractivity contribution in [3.8, 4) is 5.75 Å². The van der Waals surface area contributed by atoms with E-state index in [1.807, 2.05) is 13.0 Å². The Labute approximate surface area is 129 Å². The lowest BCUT2D eigenvalue weighted by Gasteiger charge is -2.29. The van der Waals surface area contributed by atoms with Crippen LogP contribution in [-0.2, 0) is 9.47 Å². The van der Waals surface area contributed by atoms with Gasteiger partial charge in [0.1, 0.15) is 0 Å². The van der Waals surface area contributed by atoms with Crippen molar-refractivity contribution >= 4 is 0 Å². The van der Waals surface area contributed by atoms with Crippen molar-refractivity contribution in [2.45, 2.75) is 33.0 Å². The van der Waals surface area contributed by atoms with Crippen LogP contribution in [0.4, 0.5) is 8.78 Å². The van der Waals surface area contributed by atoms with Gasteiger partial charge in [0.15, 0.2) is 17.9 Å². The van der Waals surface area contributed by atoms with Crippen molar-refractivity contribution < 1.29 is 23.0 Å². The van der Waals surface area contributed by atoms with Gasteiger partial charge in [-0.2, -0.15) is 4.39 Å². The summed E-state index contributed by atoms with van der Waals surface area (Å²) in [6, 6.07) is 2.86. The fraction of sp³-hybridized carbons (Fsp3) is 0.529. The average molecular weight is 312 g/mol. The lowest BCUT2D eigenvalue weighted by atomic mass is 10.0. The predicted octanol–water partition coefficient (Wildman–Crippen LogP) is 4.38. The topological polar surface area (TPSA) is 27.7 Å². The van der Waals surface area contributed by atoms with Gasteiger partial charge in [-0.1, -0.05) is 12.2 Å². The maximum Gasteiger partial charge on any atom is 0.201 e. The zero-order valence-corrected chi connectivity index (χ0v) is 13.0. The van der Waals surface area contributed by atoms with Crippen LogP contribution >= 0.6 is 0 Å². The van der Waals surface area contributed by atoms with Gasteiger partial charge < -0.3 is 14.2 Å². The molecule has 3 nitrogen and oxygen atoms in total. The number of allylic oxidation sites excluding steroid dienone is 2. The van der Waals surface area contributed by atoms with E-state index in [-0.39, 0.29) is 23.8 Å². The molecule has 5 heteroatoms. The first-order chi connectivity index (χ1) is 10.7. The van der Waals surface area contributed by atoms with Crippen molar-refractivity contribution in [3.63, 3.8) is 0 Å². The van der Waals surface area contributed by atoms with Crippen LogP contribution in [0.3, 0.4) is 0 Å². The Hall–Kier alpha value is -1.46. The largest absolute Gasteiger partial charge is 0.491 e. The molecule has 0 unspecified atom stereocenters. The number of ether oxygens (including phenoxy) is 3. The minimum atomic E-state index is -0.998. The molecule has 0 aromatic heterocycles. The molecule has 2 rings (SSSR count). The summed E-state index contributed by atoms with van der Waals surface area (Å²) in [5.74, 6) is -1.78. The first kappa shape index (κ1) is 16.9. The van der Waals surface area contributed by atoms with Gasteiger partial charge in [0.25, 0.3) is 0 Å². The maximum absolute atomic E-state index is 14.1. The molecule has 1 saturated heterocycles. The van der Waals surface area contributed by atoms with Crippen LogP contribution in [0.15, 0.2) is 24.3 Å². The number of hydrogen-bond acceptors (Lipinski definition) is 3. The Morgan fingerprint density at radius 2 is 1.95 bits per heavy atom. The van der Waals surface area contributed by atoms with Crippen LogP contribution in [0, 0.1) is 17.6 Å². The summed E-state index contributed by atoms with van der Waals surface area (Å²) < 4.78 is 44.1. The van der Waals surface area contributed by atoms with Crippen LogP contribution in [0.1, 0.15) is 38.5 Å². The van der Waals surface area contributed by atoms with Crippen molar-refractivity contribution in [1.29, 1.82) is 0 Å². The summed E-state index contributed by atoms with van der Waals surface area (Å²) in [4.78, 5) is 0. The van der Waals surface area contributed by atoms with Gasteiger partial charge in [0.05, 0.1) is 19.8 Å². The molecule has 1 heterocycles. The molecule has 0 spiro atoms. The highest BCUT2D eigenvalue weighted by molar-refractivity contribution is 5.31. The SMILES string of the molecule is CC=CCCC1COC(c2ccc(OCC)c(F)c2F)OC1. The van der Waals surface area contributed by atoms with Crippen LogP contribution in [0.25, 0.3) is 0 Å². The Kier molecular flexibility index (Phi) is 6.34. The summed E-state index contributed by atoms with van der Waals surface area (Å²) in [7, 11) is 0. The van der Waals surface area contributed by atoms with E-state index in [2.05, 4.69) is 6.08 Å². The van der Waals surface area contributed by atoms with E-state index < -0.39 is 17.9 Å².